The van der Waals surface area contributed by atoms with Crippen LogP contribution in [0.2, 0.25) is 0 Å². The summed E-state index contributed by atoms with van der Waals surface area (Å²) in [5.74, 6) is 0.642. The molecule has 0 fully saturated rings. The van der Waals surface area contributed by atoms with E-state index in [2.05, 4.69) is 221 Å². The molecule has 0 atom stereocenters. The first kappa shape index (κ1) is 35.2. The maximum absolute atomic E-state index is 6.82. The van der Waals surface area contributed by atoms with Gasteiger partial charge in [0.25, 0.3) is 0 Å². The van der Waals surface area contributed by atoms with Crippen LogP contribution in [-0.2, 0) is 0 Å². The summed E-state index contributed by atoms with van der Waals surface area (Å²) in [6.45, 7) is 0. The topological polar surface area (TPSA) is 48.8 Å². The highest BCUT2D eigenvalue weighted by Gasteiger charge is 2.22. The van der Waals surface area contributed by atoms with Crippen LogP contribution in [0.25, 0.3) is 122 Å². The number of hydrogen-bond donors (Lipinski definition) is 0. The zero-order valence-electron chi connectivity index (χ0n) is 34.0. The van der Waals surface area contributed by atoms with Crippen molar-refractivity contribution in [2.75, 3.05) is 0 Å². The Bertz CT molecular complexity index is 3880. The van der Waals surface area contributed by atoms with Gasteiger partial charge in [0.05, 0.1) is 22.1 Å². The quantitative estimate of drug-likeness (QED) is 0.168. The number of furan rings is 1. The van der Waals surface area contributed by atoms with E-state index in [1.54, 1.807) is 0 Å². The summed E-state index contributed by atoms with van der Waals surface area (Å²) in [6, 6.07) is 77.3. The Balaban J connectivity index is 1.03. The zero-order valence-corrected chi connectivity index (χ0v) is 34.0. The maximum Gasteiger partial charge on any atom is 0.180 e. The number of hydrogen-bond acceptors (Lipinski definition) is 3. The van der Waals surface area contributed by atoms with Crippen molar-refractivity contribution in [2.45, 2.75) is 0 Å². The van der Waals surface area contributed by atoms with Crippen LogP contribution in [0.3, 0.4) is 0 Å². The largest absolute Gasteiger partial charge is 0.452 e. The number of benzene rings is 9. The minimum atomic E-state index is 0.642. The van der Waals surface area contributed by atoms with Crippen molar-refractivity contribution in [1.29, 1.82) is 0 Å². The normalized spacial score (nSPS) is 11.8. The summed E-state index contributed by atoms with van der Waals surface area (Å²) in [7, 11) is 0. The van der Waals surface area contributed by atoms with Gasteiger partial charge < -0.3 is 13.6 Å². The average Bonchev–Trinajstić information content (AvgIpc) is 4.01. The lowest BCUT2D eigenvalue weighted by atomic mass is 9.99. The first-order valence-electron chi connectivity index (χ1n) is 21.3. The summed E-state index contributed by atoms with van der Waals surface area (Å²) in [5, 5.41) is 5.59. The van der Waals surface area contributed by atoms with E-state index in [4.69, 9.17) is 14.4 Å². The van der Waals surface area contributed by atoms with Crippen LogP contribution in [0.4, 0.5) is 0 Å². The third-order valence-electron chi connectivity index (χ3n) is 12.5. The van der Waals surface area contributed by atoms with E-state index in [1.165, 1.54) is 21.9 Å². The number of nitrogens with zero attached hydrogens (tertiary/aromatic N) is 4. The summed E-state index contributed by atoms with van der Waals surface area (Å²) >= 11 is 0. The highest BCUT2D eigenvalue weighted by Crippen LogP contribution is 2.41. The van der Waals surface area contributed by atoms with Gasteiger partial charge in [-0.15, -0.1) is 0 Å². The molecule has 5 nitrogen and oxygen atoms in total. The second-order valence-electron chi connectivity index (χ2n) is 16.2. The number of para-hydroxylation sites is 4. The van der Waals surface area contributed by atoms with E-state index in [1.807, 2.05) is 6.07 Å². The fourth-order valence-corrected chi connectivity index (χ4v) is 9.58. The maximum atomic E-state index is 6.82. The van der Waals surface area contributed by atoms with Gasteiger partial charge in [0.15, 0.2) is 11.4 Å². The third kappa shape index (κ3) is 5.64. The van der Waals surface area contributed by atoms with E-state index in [-0.39, 0.29) is 0 Å². The molecular formula is C58H36N4O. The summed E-state index contributed by atoms with van der Waals surface area (Å²) < 4.78 is 11.5. The Morgan fingerprint density at radius 3 is 1.38 bits per heavy atom. The van der Waals surface area contributed by atoms with Crippen LogP contribution in [0.1, 0.15) is 0 Å². The summed E-state index contributed by atoms with van der Waals surface area (Å²) in [6.07, 6.45) is 0. The number of rotatable bonds is 6. The Labute approximate surface area is 362 Å². The van der Waals surface area contributed by atoms with Crippen molar-refractivity contribution in [1.82, 2.24) is 19.1 Å². The van der Waals surface area contributed by atoms with Crippen molar-refractivity contribution in [3.05, 3.63) is 218 Å². The molecule has 0 amide bonds. The molecule has 0 radical (unpaired) electrons. The molecule has 294 valence electrons. The first-order valence-corrected chi connectivity index (χ1v) is 21.3. The predicted octanol–water partition coefficient (Wildman–Crippen LogP) is 15.2. The molecule has 4 aromatic heterocycles. The van der Waals surface area contributed by atoms with E-state index in [0.717, 1.165) is 88.6 Å². The van der Waals surface area contributed by atoms with E-state index >= 15 is 0 Å². The molecule has 0 aliphatic heterocycles. The van der Waals surface area contributed by atoms with Gasteiger partial charge in [-0.05, 0) is 101 Å². The van der Waals surface area contributed by atoms with Crippen molar-refractivity contribution < 1.29 is 4.42 Å². The molecule has 0 aliphatic carbocycles. The molecule has 0 aliphatic rings. The second-order valence-corrected chi connectivity index (χ2v) is 16.2. The second kappa shape index (κ2) is 14.0. The lowest BCUT2D eigenvalue weighted by Crippen LogP contribution is -1.95. The molecule has 9 aromatic carbocycles. The molecule has 0 spiro atoms. The van der Waals surface area contributed by atoms with Crippen LogP contribution < -0.4 is 0 Å². The Hall–Kier alpha value is -8.54. The Kier molecular flexibility index (Phi) is 7.84. The lowest BCUT2D eigenvalue weighted by molar-refractivity contribution is 0.667. The fourth-order valence-electron chi connectivity index (χ4n) is 9.58. The van der Waals surface area contributed by atoms with Crippen molar-refractivity contribution in [3.63, 3.8) is 0 Å². The third-order valence-corrected chi connectivity index (χ3v) is 12.5. The van der Waals surface area contributed by atoms with Crippen molar-refractivity contribution in [2.24, 2.45) is 0 Å². The molecule has 4 heterocycles. The molecule has 13 rings (SSSR count). The summed E-state index contributed by atoms with van der Waals surface area (Å²) in [5.41, 5.74) is 16.3. The lowest BCUT2D eigenvalue weighted by Gasteiger charge is -2.10. The zero-order chi connectivity index (χ0) is 41.4. The monoisotopic (exact) mass is 804 g/mol. The fraction of sp³-hybridized carbons (Fsp3) is 0. The molecule has 0 bridgehead atoms. The standard InChI is InChI=1S/C58H36N4O/c1-4-14-37(15-5-1)38-24-26-39(27-25-38)40-30-33-54-49(34-40)56-57(63-54)55(41-28-31-52-47(35-41)45-20-10-12-22-50(45)61(52)43-16-6-2-7-17-43)59-58(60-56)42-29-32-53-48(36-42)46-21-11-13-23-51(46)62(53)44-18-8-3-9-19-44/h1-36H. The first-order chi connectivity index (χ1) is 31.2. The van der Waals surface area contributed by atoms with E-state index in [0.29, 0.717) is 11.4 Å². The highest BCUT2D eigenvalue weighted by molar-refractivity contribution is 6.13. The van der Waals surface area contributed by atoms with Gasteiger partial charge >= 0.3 is 0 Å². The van der Waals surface area contributed by atoms with Gasteiger partial charge in [-0.1, -0.05) is 140 Å². The smallest absolute Gasteiger partial charge is 0.180 e. The minimum absolute atomic E-state index is 0.642. The van der Waals surface area contributed by atoms with Gasteiger partial charge in [0, 0.05) is 49.4 Å². The molecule has 0 saturated carbocycles. The molecule has 13 aromatic rings. The van der Waals surface area contributed by atoms with E-state index in [9.17, 15) is 0 Å². The predicted molar refractivity (Wildman–Crippen MR) is 260 cm³/mol. The van der Waals surface area contributed by atoms with Crippen LogP contribution in [-0.4, -0.2) is 19.1 Å². The Morgan fingerprint density at radius 2 is 0.762 bits per heavy atom. The van der Waals surface area contributed by atoms with Gasteiger partial charge in [-0.2, -0.15) is 0 Å². The molecular weight excluding hydrogens is 769 g/mol. The number of fused-ring (bicyclic) bond motifs is 9. The average molecular weight is 805 g/mol. The molecule has 63 heavy (non-hydrogen) atoms. The molecule has 5 heteroatoms. The van der Waals surface area contributed by atoms with Gasteiger partial charge in [0.1, 0.15) is 16.8 Å². The van der Waals surface area contributed by atoms with Gasteiger partial charge in [0.2, 0.25) is 0 Å². The summed E-state index contributed by atoms with van der Waals surface area (Å²) in [4.78, 5) is 10.8. The van der Waals surface area contributed by atoms with Gasteiger partial charge in [-0.25, -0.2) is 9.97 Å². The molecule has 0 unspecified atom stereocenters. The van der Waals surface area contributed by atoms with Crippen molar-refractivity contribution >= 4 is 65.7 Å². The SMILES string of the molecule is c1ccc(-c2ccc(-c3ccc4oc5c(-c6ccc7c(c6)c6ccccc6n7-c6ccccc6)nc(-c6ccc7c(c6)c6ccccc6n7-c6ccccc6)nc5c4c3)cc2)cc1. The van der Waals surface area contributed by atoms with Crippen LogP contribution in [0.15, 0.2) is 223 Å². The molecule has 0 N–H and O–H groups in total. The van der Waals surface area contributed by atoms with Crippen LogP contribution >= 0.6 is 0 Å². The minimum Gasteiger partial charge on any atom is -0.452 e. The number of aromatic nitrogens is 4. The Morgan fingerprint density at radius 1 is 0.317 bits per heavy atom. The van der Waals surface area contributed by atoms with Gasteiger partial charge in [-0.3, -0.25) is 0 Å². The van der Waals surface area contributed by atoms with Crippen molar-refractivity contribution in [3.8, 4) is 56.3 Å². The van der Waals surface area contributed by atoms with Crippen LogP contribution in [0.5, 0.6) is 0 Å². The molecule has 0 saturated heterocycles. The van der Waals surface area contributed by atoms with E-state index < -0.39 is 0 Å². The van der Waals surface area contributed by atoms with Crippen LogP contribution in [0, 0.1) is 0 Å². The highest BCUT2D eigenvalue weighted by atomic mass is 16.3.